The minimum atomic E-state index is -5.27. The lowest BCUT2D eigenvalue weighted by Crippen LogP contribution is -2.33. The van der Waals surface area contributed by atoms with Crippen LogP contribution in [-0.4, -0.2) is 106 Å². The number of rotatable bonds is 21. The van der Waals surface area contributed by atoms with Gasteiger partial charge in [-0.3, -0.25) is 4.79 Å². The molecular formula is C47H51N2O15S4-3. The standard InChI is InChI=1S/C47H54N2O15S4/c1-5-48-38-22-19-32-18-20-33(66(55,56)57)29-36(32)44(38)46(2,24-14-28-65(52,53)54)41(48)15-10-7-6-8-11-16-42-47(3,25-27-64-4)45-37-30-34(67(58,59)60)31-40(68(61,62)63)35(37)21-23-39(45)49(42)26-13-9-12-17-43(50)51/h6-8,10-11,15-16,18-23,29-31H,5,9,12-14,17,24-28H2,1-4H3,(H4-,50,51,52,53,54,55,56,57,58,59,60,61,62,63)/p-3. The molecule has 68 heavy (non-hydrogen) atoms. The molecule has 0 amide bonds. The fourth-order valence-corrected chi connectivity index (χ4v) is 11.9. The Morgan fingerprint density at radius 1 is 0.721 bits per heavy atom. The van der Waals surface area contributed by atoms with Gasteiger partial charge in [-0.1, -0.05) is 42.5 Å². The van der Waals surface area contributed by atoms with Gasteiger partial charge < -0.3 is 33.0 Å². The Labute approximate surface area is 396 Å². The number of methoxy groups -OCH3 is 1. The quantitative estimate of drug-likeness (QED) is 0.0408. The van der Waals surface area contributed by atoms with Gasteiger partial charge in [0.1, 0.15) is 36.9 Å². The molecule has 2 heterocycles. The maximum absolute atomic E-state index is 12.5. The average Bonchev–Trinajstić information content (AvgIpc) is 3.63. The molecule has 0 spiro atoms. The second-order valence-corrected chi connectivity index (χ2v) is 22.8. The molecule has 17 nitrogen and oxygen atoms in total. The summed E-state index contributed by atoms with van der Waals surface area (Å²) in [6, 6.07) is 12.5. The second kappa shape index (κ2) is 20.1. The van der Waals surface area contributed by atoms with Crippen LogP contribution in [0.5, 0.6) is 0 Å². The number of hydrogen-bond acceptors (Lipinski definition) is 15. The fraction of sp³-hybridized carbons (Fsp3) is 0.362. The van der Waals surface area contributed by atoms with Gasteiger partial charge in [-0.2, -0.15) is 4.58 Å². The third kappa shape index (κ3) is 11.0. The summed E-state index contributed by atoms with van der Waals surface area (Å²) < 4.78 is 154. The van der Waals surface area contributed by atoms with E-state index in [1.807, 2.05) is 48.5 Å². The van der Waals surface area contributed by atoms with Crippen molar-refractivity contribution in [1.29, 1.82) is 0 Å². The number of nitrogens with zero attached hydrogens (tertiary/aromatic N) is 2. The molecule has 2 aliphatic heterocycles. The number of carbonyl (C=O) groups is 1. The molecule has 0 fully saturated rings. The highest BCUT2D eigenvalue weighted by atomic mass is 32.2. The van der Waals surface area contributed by atoms with E-state index in [0.29, 0.717) is 71.7 Å². The summed E-state index contributed by atoms with van der Waals surface area (Å²) in [4.78, 5) is 11.1. The van der Waals surface area contributed by atoms with E-state index in [1.165, 1.54) is 25.3 Å². The number of likely N-dealkylation sites (N-methyl/N-ethyl adjacent to an activating group) is 1. The molecule has 21 heteroatoms. The second-order valence-electron chi connectivity index (χ2n) is 17.1. The normalized spacial score (nSPS) is 19.8. The largest absolute Gasteiger partial charge is 0.748 e. The molecule has 366 valence electrons. The van der Waals surface area contributed by atoms with Crippen LogP contribution in [0.1, 0.15) is 76.8 Å². The van der Waals surface area contributed by atoms with E-state index in [9.17, 15) is 61.8 Å². The maximum Gasteiger partial charge on any atom is 0.303 e. The number of aliphatic carboxylic acids is 1. The van der Waals surface area contributed by atoms with Crippen molar-refractivity contribution in [3.05, 3.63) is 114 Å². The lowest BCUT2D eigenvalue weighted by molar-refractivity contribution is -0.438. The van der Waals surface area contributed by atoms with Crippen LogP contribution in [0.4, 0.5) is 11.4 Å². The van der Waals surface area contributed by atoms with Crippen LogP contribution in [-0.2, 0) is 60.8 Å². The zero-order chi connectivity index (χ0) is 50.0. The predicted octanol–water partition coefficient (Wildman–Crippen LogP) is 6.42. The van der Waals surface area contributed by atoms with Crippen molar-refractivity contribution in [1.82, 2.24) is 0 Å². The zero-order valence-electron chi connectivity index (χ0n) is 37.7. The van der Waals surface area contributed by atoms with Crippen molar-refractivity contribution in [2.45, 2.75) is 91.2 Å². The summed E-state index contributed by atoms with van der Waals surface area (Å²) in [5.41, 5.74) is 1.91. The van der Waals surface area contributed by atoms with Crippen molar-refractivity contribution in [2.75, 3.05) is 37.5 Å². The highest BCUT2D eigenvalue weighted by Crippen LogP contribution is 2.53. The molecule has 0 saturated heterocycles. The topological polar surface area (TPSA) is 282 Å². The molecule has 2 aliphatic rings. The zero-order valence-corrected chi connectivity index (χ0v) is 41.0. The summed E-state index contributed by atoms with van der Waals surface area (Å²) in [5, 5.41) is 10.4. The molecule has 4 aromatic carbocycles. The van der Waals surface area contributed by atoms with Gasteiger partial charge >= 0.3 is 5.97 Å². The van der Waals surface area contributed by atoms with Crippen LogP contribution in [0.15, 0.2) is 118 Å². The van der Waals surface area contributed by atoms with Gasteiger partial charge in [0.15, 0.2) is 5.71 Å². The lowest BCUT2D eigenvalue weighted by Gasteiger charge is -2.30. The Hall–Kier alpha value is -5.10. The van der Waals surface area contributed by atoms with Gasteiger partial charge in [0.05, 0.1) is 30.2 Å². The molecular weight excluding hydrogens is 961 g/mol. The first kappa shape index (κ1) is 52.3. The van der Waals surface area contributed by atoms with E-state index >= 15 is 0 Å². The number of fused-ring (bicyclic) bond motifs is 6. The van der Waals surface area contributed by atoms with Crippen molar-refractivity contribution >= 4 is 85.1 Å². The minimum Gasteiger partial charge on any atom is -0.748 e. The fourth-order valence-electron chi connectivity index (χ4n) is 9.63. The number of anilines is 1. The molecule has 1 N–H and O–H groups in total. The van der Waals surface area contributed by atoms with Crippen molar-refractivity contribution in [3.63, 3.8) is 0 Å². The summed E-state index contributed by atoms with van der Waals surface area (Å²) >= 11 is 0. The third-order valence-electron chi connectivity index (χ3n) is 12.7. The molecule has 0 bridgehead atoms. The molecule has 0 aromatic heterocycles. The smallest absolute Gasteiger partial charge is 0.303 e. The molecule has 4 aromatic rings. The van der Waals surface area contributed by atoms with Crippen LogP contribution in [0.25, 0.3) is 21.5 Å². The number of ether oxygens (including phenoxy) is 1. The number of allylic oxidation sites excluding steroid dienone is 8. The highest BCUT2D eigenvalue weighted by Gasteiger charge is 2.49. The number of hydrogen-bond donors (Lipinski definition) is 1. The number of carboxylic acid groups (broad SMARTS) is 1. The van der Waals surface area contributed by atoms with Crippen LogP contribution < -0.4 is 4.90 Å². The highest BCUT2D eigenvalue weighted by molar-refractivity contribution is 7.87. The van der Waals surface area contributed by atoms with E-state index in [1.54, 1.807) is 48.6 Å². The number of carboxylic acids is 1. The predicted molar refractivity (Wildman–Crippen MR) is 251 cm³/mol. The van der Waals surface area contributed by atoms with Gasteiger partial charge in [-0.05, 0) is 117 Å². The Balaban J connectivity index is 1.42. The Kier molecular flexibility index (Phi) is 15.4. The number of benzene rings is 4. The van der Waals surface area contributed by atoms with Crippen LogP contribution in [0.2, 0.25) is 0 Å². The Bertz CT molecular complexity index is 3290. The van der Waals surface area contributed by atoms with Gasteiger partial charge in [-0.15, -0.1) is 0 Å². The molecule has 2 unspecified atom stereocenters. The van der Waals surface area contributed by atoms with E-state index < -0.39 is 77.7 Å². The summed E-state index contributed by atoms with van der Waals surface area (Å²) in [5.74, 6) is -1.55. The van der Waals surface area contributed by atoms with Crippen molar-refractivity contribution in [3.8, 4) is 0 Å². The SMILES string of the molecule is CCN1C(=CC=CC=CC=CC2=[N+](CCCCCC(=O)O)c3ccc4c(S(=O)(=O)[O-])cc(S(=O)(=O)[O-])cc4c3C2(C)CCOC)C(C)(CCCS(=O)(=O)[O-])c2c1ccc1ccc(S(=O)(=O)[O-])cc21. The van der Waals surface area contributed by atoms with Crippen molar-refractivity contribution < 1.29 is 71.1 Å². The van der Waals surface area contributed by atoms with E-state index in [2.05, 4.69) is 0 Å². The van der Waals surface area contributed by atoms with Gasteiger partial charge in [0, 0.05) is 78.7 Å². The van der Waals surface area contributed by atoms with Crippen LogP contribution >= 0.6 is 0 Å². The van der Waals surface area contributed by atoms with Gasteiger partial charge in [0.25, 0.3) is 0 Å². The van der Waals surface area contributed by atoms with E-state index in [-0.39, 0.29) is 43.1 Å². The number of unbranched alkanes of at least 4 members (excludes halogenated alkanes) is 2. The van der Waals surface area contributed by atoms with Gasteiger partial charge in [0.2, 0.25) is 5.69 Å². The molecule has 6 rings (SSSR count). The third-order valence-corrected chi connectivity index (χ3v) is 16.0. The monoisotopic (exact) mass is 1010 g/mol. The van der Waals surface area contributed by atoms with Crippen LogP contribution in [0.3, 0.4) is 0 Å². The Morgan fingerprint density at radius 3 is 2.01 bits per heavy atom. The lowest BCUT2D eigenvalue weighted by atomic mass is 9.75. The molecule has 2 atom stereocenters. The maximum atomic E-state index is 12.5. The van der Waals surface area contributed by atoms with E-state index in [0.717, 1.165) is 17.5 Å². The van der Waals surface area contributed by atoms with Gasteiger partial charge in [-0.25, -0.2) is 33.7 Å². The van der Waals surface area contributed by atoms with Crippen LogP contribution in [0, 0.1) is 0 Å². The summed E-state index contributed by atoms with van der Waals surface area (Å²) in [7, 11) is -18.4. The molecule has 0 radical (unpaired) electrons. The average molecular weight is 1010 g/mol. The first-order valence-electron chi connectivity index (χ1n) is 21.6. The first-order valence-corrected chi connectivity index (χ1v) is 27.4. The first-order chi connectivity index (χ1) is 31.8. The minimum absolute atomic E-state index is 0.0000287. The molecule has 0 aliphatic carbocycles. The van der Waals surface area contributed by atoms with Crippen molar-refractivity contribution in [2.24, 2.45) is 0 Å². The summed E-state index contributed by atoms with van der Waals surface area (Å²) in [6.07, 6.45) is 14.4. The molecule has 0 saturated carbocycles. The Morgan fingerprint density at radius 2 is 1.38 bits per heavy atom. The summed E-state index contributed by atoms with van der Waals surface area (Å²) in [6.45, 7) is 6.67. The van der Waals surface area contributed by atoms with E-state index in [4.69, 9.17) is 4.74 Å².